The molecular weight excluding hydrogens is 238 g/mol. The summed E-state index contributed by atoms with van der Waals surface area (Å²) in [4.78, 5) is 51.4. The summed E-state index contributed by atoms with van der Waals surface area (Å²) in [5.74, 6) is -6.19. The maximum Gasteiger partial charge on any atom is 0.383 e. The number of aliphatic carboxylic acids is 1. The van der Waals surface area contributed by atoms with Gasteiger partial charge in [-0.15, -0.1) is 0 Å². The Labute approximate surface area is 93.6 Å². The molecule has 3 N–H and O–H groups in total. The Morgan fingerprint density at radius 2 is 2.00 bits per heavy atom. The summed E-state index contributed by atoms with van der Waals surface area (Å²) in [6.07, 6.45) is -0.273. The fraction of sp³-hybridized carbons (Fsp3) is 0.250. The number of esters is 1. The van der Waals surface area contributed by atoms with E-state index in [0.717, 1.165) is 0 Å². The summed E-state index contributed by atoms with van der Waals surface area (Å²) in [6.45, 7) is 0. The van der Waals surface area contributed by atoms with Crippen LogP contribution in [0.2, 0.25) is 0 Å². The summed E-state index contributed by atoms with van der Waals surface area (Å²) < 4.78 is 4.31. The lowest BCUT2D eigenvalue weighted by atomic mass is 10.2. The molecule has 0 saturated heterocycles. The summed E-state index contributed by atoms with van der Waals surface area (Å²) in [7, 11) is 0. The van der Waals surface area contributed by atoms with Crippen LogP contribution in [0.3, 0.4) is 0 Å². The average Bonchev–Trinajstić information content (AvgIpc) is 2.24. The molecule has 0 fully saturated rings. The van der Waals surface area contributed by atoms with Gasteiger partial charge in [-0.1, -0.05) is 0 Å². The van der Waals surface area contributed by atoms with Gasteiger partial charge in [-0.3, -0.25) is 0 Å². The van der Waals surface area contributed by atoms with Crippen LogP contribution in [0, 0.1) is 0 Å². The van der Waals surface area contributed by atoms with Crippen molar-refractivity contribution >= 4 is 23.9 Å². The van der Waals surface area contributed by atoms with Crippen molar-refractivity contribution in [3.63, 3.8) is 0 Å². The van der Waals surface area contributed by atoms with Gasteiger partial charge < -0.3 is 15.6 Å². The highest BCUT2D eigenvalue weighted by Crippen LogP contribution is 2.06. The number of carbonyl (C=O) groups excluding carboxylic acids is 3. The molecule has 1 aliphatic rings. The molecular formula is C8H7NO8. The highest BCUT2D eigenvalue weighted by atomic mass is 17.2. The lowest BCUT2D eigenvalue weighted by Gasteiger charge is -2.11. The Bertz CT molecular complexity index is 412. The number of carboxylic acids is 1. The normalized spacial score (nSPS) is 24.9. The van der Waals surface area contributed by atoms with E-state index in [2.05, 4.69) is 14.5 Å². The van der Waals surface area contributed by atoms with E-state index >= 15 is 0 Å². The molecule has 9 nitrogen and oxygen atoms in total. The molecule has 0 aliphatic carbocycles. The zero-order chi connectivity index (χ0) is 13.0. The summed E-state index contributed by atoms with van der Waals surface area (Å²) in [5.41, 5.74) is 5.22. The molecule has 0 amide bonds. The van der Waals surface area contributed by atoms with Crippen molar-refractivity contribution < 1.29 is 38.8 Å². The van der Waals surface area contributed by atoms with E-state index < -0.39 is 42.1 Å². The van der Waals surface area contributed by atoms with Crippen molar-refractivity contribution in [2.75, 3.05) is 0 Å². The zero-order valence-electron chi connectivity index (χ0n) is 8.24. The van der Waals surface area contributed by atoms with Gasteiger partial charge in [0.05, 0.1) is 12.5 Å². The van der Waals surface area contributed by atoms with Crippen LogP contribution in [0.5, 0.6) is 0 Å². The first-order chi connectivity index (χ1) is 7.90. The number of nitrogens with two attached hydrogens (primary N) is 1. The van der Waals surface area contributed by atoms with E-state index in [4.69, 9.17) is 10.8 Å². The number of hydrogen-bond acceptors (Lipinski definition) is 8. The lowest BCUT2D eigenvalue weighted by Crippen LogP contribution is -2.36. The third-order valence-corrected chi connectivity index (χ3v) is 1.58. The fourth-order valence-electron chi connectivity index (χ4n) is 0.834. The maximum absolute atomic E-state index is 11.2. The van der Waals surface area contributed by atoms with E-state index in [-0.39, 0.29) is 0 Å². The summed E-state index contributed by atoms with van der Waals surface area (Å²) in [6, 6.07) is -1.41. The first-order valence-corrected chi connectivity index (χ1v) is 4.23. The highest BCUT2D eigenvalue weighted by molar-refractivity contribution is 5.97. The Morgan fingerprint density at radius 1 is 1.35 bits per heavy atom. The molecule has 1 atom stereocenters. The van der Waals surface area contributed by atoms with Crippen LogP contribution in [-0.4, -0.2) is 35.0 Å². The van der Waals surface area contributed by atoms with E-state index in [1.54, 1.807) is 0 Å². The number of carboxylic acid groups (broad SMARTS) is 1. The standard InChI is InChI=1S/C8H7NO8/c9-3-1-5(10)16-17-6(11)2-4(7(12)13)15-8(3)14/h2-3H,1,9H2,(H,12,13)/b4-2+/t3-/m0/s1. The van der Waals surface area contributed by atoms with Gasteiger partial charge >= 0.3 is 23.9 Å². The third-order valence-electron chi connectivity index (χ3n) is 1.58. The van der Waals surface area contributed by atoms with Gasteiger partial charge in [0.2, 0.25) is 5.76 Å². The van der Waals surface area contributed by atoms with Crippen molar-refractivity contribution in [1.29, 1.82) is 0 Å². The van der Waals surface area contributed by atoms with E-state index in [0.29, 0.717) is 6.08 Å². The SMILES string of the molecule is N[C@H]1CC(=O)OOC(=O)/C=C(\C(=O)O)OC1=O. The minimum Gasteiger partial charge on any atom is -0.475 e. The van der Waals surface area contributed by atoms with Crippen LogP contribution < -0.4 is 5.73 Å². The van der Waals surface area contributed by atoms with Crippen molar-refractivity contribution in [2.45, 2.75) is 12.5 Å². The van der Waals surface area contributed by atoms with Gasteiger partial charge in [-0.05, 0) is 0 Å². The van der Waals surface area contributed by atoms with Crippen LogP contribution in [0.1, 0.15) is 6.42 Å². The molecule has 0 aromatic rings. The molecule has 0 unspecified atom stereocenters. The van der Waals surface area contributed by atoms with Gasteiger partial charge in [0, 0.05) is 0 Å². The number of rotatable bonds is 1. The van der Waals surface area contributed by atoms with Crippen LogP contribution in [0.4, 0.5) is 0 Å². The molecule has 17 heavy (non-hydrogen) atoms. The Kier molecular flexibility index (Phi) is 3.78. The second-order valence-corrected chi connectivity index (χ2v) is 2.90. The Morgan fingerprint density at radius 3 is 2.59 bits per heavy atom. The largest absolute Gasteiger partial charge is 0.475 e. The second-order valence-electron chi connectivity index (χ2n) is 2.90. The Balaban J connectivity index is 2.98. The molecule has 1 rings (SSSR count). The van der Waals surface area contributed by atoms with E-state index in [1.807, 2.05) is 0 Å². The van der Waals surface area contributed by atoms with Gasteiger partial charge in [0.1, 0.15) is 6.04 Å². The Hall–Kier alpha value is -2.42. The molecule has 0 saturated carbocycles. The van der Waals surface area contributed by atoms with Crippen LogP contribution in [0.25, 0.3) is 0 Å². The molecule has 0 bridgehead atoms. The zero-order valence-corrected chi connectivity index (χ0v) is 8.24. The quantitative estimate of drug-likeness (QED) is 0.405. The molecule has 9 heteroatoms. The van der Waals surface area contributed by atoms with Crippen molar-refractivity contribution in [3.8, 4) is 0 Å². The monoisotopic (exact) mass is 245 g/mol. The maximum atomic E-state index is 11.2. The smallest absolute Gasteiger partial charge is 0.383 e. The number of cyclic esters (lactones) is 1. The minimum atomic E-state index is -1.67. The lowest BCUT2D eigenvalue weighted by molar-refractivity contribution is -0.255. The van der Waals surface area contributed by atoms with Crippen molar-refractivity contribution in [2.24, 2.45) is 5.73 Å². The predicted octanol–water partition coefficient (Wildman–Crippen LogP) is -1.77. The number of hydrogen-bond donors (Lipinski definition) is 2. The first-order valence-electron chi connectivity index (χ1n) is 4.23. The fourth-order valence-corrected chi connectivity index (χ4v) is 0.834. The van der Waals surface area contributed by atoms with Gasteiger partial charge in [-0.25, -0.2) is 29.0 Å². The molecule has 92 valence electrons. The van der Waals surface area contributed by atoms with Crippen LogP contribution in [-0.2, 0) is 33.7 Å². The molecule has 0 spiro atoms. The second kappa shape index (κ2) is 5.07. The van der Waals surface area contributed by atoms with Gasteiger partial charge in [0.15, 0.2) is 0 Å². The molecule has 0 radical (unpaired) electrons. The van der Waals surface area contributed by atoms with E-state index in [1.165, 1.54) is 0 Å². The summed E-state index contributed by atoms with van der Waals surface area (Å²) >= 11 is 0. The number of ether oxygens (including phenoxy) is 1. The van der Waals surface area contributed by atoms with Crippen LogP contribution >= 0.6 is 0 Å². The summed E-state index contributed by atoms with van der Waals surface area (Å²) in [5, 5.41) is 8.59. The van der Waals surface area contributed by atoms with Gasteiger partial charge in [-0.2, -0.15) is 0 Å². The average molecular weight is 245 g/mol. The van der Waals surface area contributed by atoms with E-state index in [9.17, 15) is 19.2 Å². The topological polar surface area (TPSA) is 142 Å². The predicted molar refractivity (Wildman–Crippen MR) is 46.6 cm³/mol. The third kappa shape index (κ3) is 3.57. The van der Waals surface area contributed by atoms with Gasteiger partial charge in [0.25, 0.3) is 0 Å². The molecule has 1 aliphatic heterocycles. The van der Waals surface area contributed by atoms with Crippen LogP contribution in [0.15, 0.2) is 11.8 Å². The van der Waals surface area contributed by atoms with Crippen molar-refractivity contribution in [3.05, 3.63) is 11.8 Å². The number of carbonyl (C=O) groups is 4. The first kappa shape index (κ1) is 12.6. The molecule has 0 aromatic heterocycles. The van der Waals surface area contributed by atoms with Crippen molar-refractivity contribution in [1.82, 2.24) is 0 Å². The molecule has 1 heterocycles. The molecule has 0 aromatic carbocycles. The minimum absolute atomic E-state index is 0.339. The highest BCUT2D eigenvalue weighted by Gasteiger charge is 2.27.